The molecule has 0 fully saturated rings. The molecule has 0 radical (unpaired) electrons. The second kappa shape index (κ2) is 4.41. The predicted molar refractivity (Wildman–Crippen MR) is 65.5 cm³/mol. The third-order valence-corrected chi connectivity index (χ3v) is 4.75. The Morgan fingerprint density at radius 2 is 1.69 bits per heavy atom. The van der Waals surface area contributed by atoms with Crippen molar-refractivity contribution in [2.24, 2.45) is 0 Å². The molecule has 0 amide bonds. The highest BCUT2D eigenvalue weighted by atomic mass is 32.2. The van der Waals surface area contributed by atoms with Crippen molar-refractivity contribution in [2.75, 3.05) is 0 Å². The zero-order chi connectivity index (χ0) is 12.5. The van der Waals surface area contributed by atoms with Gasteiger partial charge in [-0.1, -0.05) is 17.7 Å². The topological polar surface area (TPSA) is 70.5 Å². The van der Waals surface area contributed by atoms with Crippen LogP contribution in [0.2, 0.25) is 0 Å². The smallest absolute Gasteiger partial charge is 0.359 e. The van der Waals surface area contributed by atoms with Crippen LogP contribution >= 0.6 is 12.6 Å². The van der Waals surface area contributed by atoms with E-state index in [4.69, 9.17) is 5.53 Å². The first-order valence-electron chi connectivity index (χ1n) is 4.54. The van der Waals surface area contributed by atoms with Gasteiger partial charge in [-0.3, -0.25) is 0 Å². The summed E-state index contributed by atoms with van der Waals surface area (Å²) in [6.07, 6.45) is 0. The number of sulfone groups is 1. The van der Waals surface area contributed by atoms with Gasteiger partial charge < -0.3 is 5.53 Å². The first-order chi connectivity index (χ1) is 7.30. The minimum Gasteiger partial charge on any atom is -0.359 e. The van der Waals surface area contributed by atoms with Gasteiger partial charge in [0, 0.05) is 0 Å². The van der Waals surface area contributed by atoms with Gasteiger partial charge in [0.1, 0.15) is 0 Å². The average molecular weight is 256 g/mol. The maximum atomic E-state index is 11.9. The largest absolute Gasteiger partial charge is 0.441 e. The van der Waals surface area contributed by atoms with E-state index in [0.29, 0.717) is 11.1 Å². The van der Waals surface area contributed by atoms with Crippen molar-refractivity contribution in [3.63, 3.8) is 0 Å². The van der Waals surface area contributed by atoms with Gasteiger partial charge in [-0.2, -0.15) is 0 Å². The van der Waals surface area contributed by atoms with Crippen molar-refractivity contribution in [1.82, 2.24) is 0 Å². The molecule has 0 aromatic heterocycles. The molecule has 4 nitrogen and oxygen atoms in total. The second-order valence-electron chi connectivity index (χ2n) is 3.61. The Morgan fingerprint density at radius 3 is 2.06 bits per heavy atom. The molecule has 0 N–H and O–H groups in total. The third-order valence-electron chi connectivity index (χ3n) is 2.20. The Labute approximate surface area is 100 Å². The van der Waals surface area contributed by atoms with Crippen LogP contribution in [0.1, 0.15) is 16.7 Å². The highest BCUT2D eigenvalue weighted by Gasteiger charge is 2.30. The minimum atomic E-state index is -3.80. The molecular formula is C10H12N2O2S2. The fraction of sp³-hybridized carbons (Fsp3) is 0.300. The van der Waals surface area contributed by atoms with Gasteiger partial charge in [-0.15, -0.1) is 4.79 Å². The first-order valence-corrected chi connectivity index (χ1v) is 6.47. The molecule has 1 rings (SSSR count). The van der Waals surface area contributed by atoms with Gasteiger partial charge in [-0.05, 0) is 44.5 Å². The summed E-state index contributed by atoms with van der Waals surface area (Å²) < 4.78 is 23.3. The summed E-state index contributed by atoms with van der Waals surface area (Å²) in [5.41, 5.74) is 10.7. The lowest BCUT2D eigenvalue weighted by Gasteiger charge is -2.08. The van der Waals surface area contributed by atoms with Crippen LogP contribution in [0.3, 0.4) is 0 Å². The molecular weight excluding hydrogens is 244 g/mol. The maximum Gasteiger partial charge on any atom is 0.441 e. The molecule has 1 aromatic rings. The summed E-state index contributed by atoms with van der Waals surface area (Å²) >= 11 is 3.65. The van der Waals surface area contributed by atoms with E-state index in [2.05, 4.69) is 17.4 Å². The number of nitrogens with zero attached hydrogens (tertiary/aromatic N) is 2. The molecule has 0 spiro atoms. The van der Waals surface area contributed by atoms with Crippen molar-refractivity contribution in [3.8, 4) is 0 Å². The molecule has 0 unspecified atom stereocenters. The summed E-state index contributed by atoms with van der Waals surface area (Å²) in [6, 6.07) is 3.52. The van der Waals surface area contributed by atoms with E-state index in [-0.39, 0.29) is 4.90 Å². The van der Waals surface area contributed by atoms with Crippen molar-refractivity contribution >= 4 is 26.8 Å². The number of hydrogen-bond acceptors (Lipinski definition) is 2. The lowest BCUT2D eigenvalue weighted by molar-refractivity contribution is 0.00483. The van der Waals surface area contributed by atoms with Gasteiger partial charge in [0.25, 0.3) is 9.84 Å². The molecule has 0 saturated carbocycles. The van der Waals surface area contributed by atoms with Crippen molar-refractivity contribution in [3.05, 3.63) is 34.4 Å². The standard InChI is InChI=1S/C10H12N2O2S2/c1-6-4-7(2)9(8(3)5-6)16(13,14)10(15)12-11/h4-5,15H,1-3H3. The number of rotatable bonds is 1. The van der Waals surface area contributed by atoms with E-state index in [9.17, 15) is 8.42 Å². The first kappa shape index (κ1) is 13.0. The van der Waals surface area contributed by atoms with Crippen molar-refractivity contribution in [1.29, 1.82) is 0 Å². The van der Waals surface area contributed by atoms with Crippen LogP contribution in [0.4, 0.5) is 0 Å². The average Bonchev–Trinajstić information content (AvgIpc) is 2.14. The van der Waals surface area contributed by atoms with E-state index >= 15 is 0 Å². The van der Waals surface area contributed by atoms with Gasteiger partial charge in [0.2, 0.25) is 0 Å². The van der Waals surface area contributed by atoms with E-state index in [1.165, 1.54) is 0 Å². The molecule has 0 saturated heterocycles. The SMILES string of the molecule is Cc1cc(C)c(S(=O)(=O)C(S)=[N+]=[N-])c(C)c1. The van der Waals surface area contributed by atoms with E-state index in [1.54, 1.807) is 26.0 Å². The molecule has 16 heavy (non-hydrogen) atoms. The van der Waals surface area contributed by atoms with Gasteiger partial charge in [-0.25, -0.2) is 8.42 Å². The lowest BCUT2D eigenvalue weighted by atomic mass is 10.1. The predicted octanol–water partition coefficient (Wildman–Crippen LogP) is 1.90. The Morgan fingerprint density at radius 1 is 1.25 bits per heavy atom. The second-order valence-corrected chi connectivity index (χ2v) is 6.14. The molecule has 1 aromatic carbocycles. The molecule has 0 bridgehead atoms. The van der Waals surface area contributed by atoms with Gasteiger partial charge >= 0.3 is 4.38 Å². The summed E-state index contributed by atoms with van der Waals surface area (Å²) in [7, 11) is -3.80. The van der Waals surface area contributed by atoms with Gasteiger partial charge in [0.05, 0.1) is 4.90 Å². The molecule has 0 aliphatic heterocycles. The summed E-state index contributed by atoms with van der Waals surface area (Å²) in [5, 5.41) is 0. The molecule has 86 valence electrons. The number of benzene rings is 1. The Kier molecular flexibility index (Phi) is 3.57. The zero-order valence-electron chi connectivity index (χ0n) is 9.22. The Bertz CT molecular complexity index is 562. The number of thiol groups is 1. The summed E-state index contributed by atoms with van der Waals surface area (Å²) in [6.45, 7) is 5.29. The van der Waals surface area contributed by atoms with Crippen molar-refractivity contribution in [2.45, 2.75) is 25.7 Å². The fourth-order valence-corrected chi connectivity index (χ4v) is 3.27. The van der Waals surface area contributed by atoms with E-state index in [1.807, 2.05) is 6.92 Å². The number of hydrogen-bond donors (Lipinski definition) is 1. The Hall–Kier alpha value is -1.10. The maximum absolute atomic E-state index is 11.9. The van der Waals surface area contributed by atoms with Crippen LogP contribution in [-0.2, 0) is 9.84 Å². The quantitative estimate of drug-likeness (QED) is 0.274. The van der Waals surface area contributed by atoms with Crippen molar-refractivity contribution < 1.29 is 13.2 Å². The highest BCUT2D eigenvalue weighted by Crippen LogP contribution is 2.23. The fourth-order valence-electron chi connectivity index (χ4n) is 1.74. The molecule has 0 atom stereocenters. The van der Waals surface area contributed by atoms with Crippen LogP contribution in [0.25, 0.3) is 5.53 Å². The monoisotopic (exact) mass is 256 g/mol. The highest BCUT2D eigenvalue weighted by molar-refractivity contribution is 8.27. The van der Waals surface area contributed by atoms with Gasteiger partial charge in [0.15, 0.2) is 0 Å². The molecule has 0 aliphatic carbocycles. The third kappa shape index (κ3) is 2.19. The Balaban J connectivity index is 3.65. The summed E-state index contributed by atoms with van der Waals surface area (Å²) in [5.74, 6) is 0. The van der Waals surface area contributed by atoms with Crippen LogP contribution < -0.4 is 0 Å². The van der Waals surface area contributed by atoms with Crippen LogP contribution in [0, 0.1) is 20.8 Å². The molecule has 0 aliphatic rings. The summed E-state index contributed by atoms with van der Waals surface area (Å²) in [4.78, 5) is 2.79. The molecule has 6 heteroatoms. The lowest BCUT2D eigenvalue weighted by Crippen LogP contribution is -2.13. The van der Waals surface area contributed by atoms with Crippen LogP contribution in [-0.4, -0.2) is 17.6 Å². The van der Waals surface area contributed by atoms with E-state index in [0.717, 1.165) is 5.56 Å². The number of aryl methyl sites for hydroxylation is 3. The normalized spacial score (nSPS) is 11.0. The van der Waals surface area contributed by atoms with E-state index < -0.39 is 14.2 Å². The van der Waals surface area contributed by atoms with Crippen LogP contribution in [0.15, 0.2) is 17.0 Å². The molecule has 0 heterocycles. The zero-order valence-corrected chi connectivity index (χ0v) is 10.9. The minimum absolute atomic E-state index is 0.154. The van der Waals surface area contributed by atoms with Crippen LogP contribution in [0.5, 0.6) is 0 Å².